The Kier molecular flexibility index (Phi) is 7.29. The van der Waals surface area contributed by atoms with Gasteiger partial charge in [0, 0.05) is 22.7 Å². The molecular weight excluding hydrogens is 635 g/mol. The van der Waals surface area contributed by atoms with Crippen molar-refractivity contribution in [3.05, 3.63) is 64.8 Å². The zero-order valence-corrected chi connectivity index (χ0v) is 20.5. The van der Waals surface area contributed by atoms with Crippen molar-refractivity contribution < 1.29 is 52.7 Å². The van der Waals surface area contributed by atoms with Gasteiger partial charge in [0.25, 0.3) is 15.7 Å². The van der Waals surface area contributed by atoms with Gasteiger partial charge in [0.05, 0.1) is 16.2 Å². The Bertz CT molecular complexity index is 1480. The van der Waals surface area contributed by atoms with Gasteiger partial charge in [-0.3, -0.25) is 9.78 Å². The summed E-state index contributed by atoms with van der Waals surface area (Å²) in [6.45, 7) is 0. The number of halogens is 11. The lowest BCUT2D eigenvalue weighted by Gasteiger charge is -2.32. The predicted octanol–water partition coefficient (Wildman–Crippen LogP) is 7.15. The monoisotopic (exact) mass is 642 g/mol. The van der Waals surface area contributed by atoms with Gasteiger partial charge in [0.1, 0.15) is 4.90 Å². The standard InChI is InChI=1S/C20H9BrClF9N2O3S/c21-18(24,25)17(23,19(26,27)28)11-7-12(22)15(14(8-11)37(35,36)20(29,30)31)33-16(34)10-4-3-9-2-1-5-32-13(9)6-10/h1-8H,(H,33,34). The molecule has 3 aromatic rings. The number of pyridine rings is 1. The molecule has 0 bridgehead atoms. The van der Waals surface area contributed by atoms with Crippen LogP contribution in [-0.4, -0.2) is 35.8 Å². The molecule has 37 heavy (non-hydrogen) atoms. The molecule has 1 amide bonds. The number of carbonyl (C=O) groups excluding carboxylic acids is 1. The quantitative estimate of drug-likeness (QED) is 0.237. The summed E-state index contributed by atoms with van der Waals surface area (Å²) in [5.41, 5.74) is -15.7. The summed E-state index contributed by atoms with van der Waals surface area (Å²) < 4.78 is 147. The van der Waals surface area contributed by atoms with Crippen molar-refractivity contribution in [3.63, 3.8) is 0 Å². The fraction of sp³-hybridized carbons (Fsp3) is 0.200. The summed E-state index contributed by atoms with van der Waals surface area (Å²) in [6.07, 6.45) is -5.12. The number of fused-ring (bicyclic) bond motifs is 1. The van der Waals surface area contributed by atoms with E-state index in [1.54, 1.807) is 17.4 Å². The van der Waals surface area contributed by atoms with Gasteiger partial charge in [-0.25, -0.2) is 12.8 Å². The van der Waals surface area contributed by atoms with Crippen LogP contribution in [0.4, 0.5) is 45.2 Å². The summed E-state index contributed by atoms with van der Waals surface area (Å²) in [5, 5.41) is 0.838. The molecule has 200 valence electrons. The maximum atomic E-state index is 14.8. The SMILES string of the molecule is O=C(Nc1c(Cl)cc(C(F)(C(F)(F)F)C(F)(F)Br)cc1S(=O)(=O)C(F)(F)F)c1ccc2cccnc2c1. The maximum absolute atomic E-state index is 14.8. The van der Waals surface area contributed by atoms with E-state index in [2.05, 4.69) is 4.98 Å². The van der Waals surface area contributed by atoms with Crippen molar-refractivity contribution in [3.8, 4) is 0 Å². The number of anilines is 1. The Hall–Kier alpha value is -2.59. The second kappa shape index (κ2) is 9.31. The molecule has 17 heteroatoms. The zero-order chi connectivity index (χ0) is 28.2. The molecular formula is C20H9BrClF9N2O3S. The molecule has 0 aliphatic heterocycles. The summed E-state index contributed by atoms with van der Waals surface area (Å²) >= 11 is 6.87. The van der Waals surface area contributed by atoms with Crippen molar-refractivity contribution in [2.75, 3.05) is 5.32 Å². The van der Waals surface area contributed by atoms with E-state index in [1.807, 2.05) is 0 Å². The van der Waals surface area contributed by atoms with Crippen LogP contribution in [-0.2, 0) is 15.5 Å². The molecule has 0 saturated heterocycles. The first-order chi connectivity index (χ1) is 16.7. The fourth-order valence-corrected chi connectivity index (χ4v) is 4.86. The van der Waals surface area contributed by atoms with Crippen molar-refractivity contribution in [2.45, 2.75) is 27.1 Å². The lowest BCUT2D eigenvalue weighted by atomic mass is 9.95. The number of benzene rings is 2. The molecule has 0 radical (unpaired) electrons. The molecule has 1 aromatic heterocycles. The van der Waals surface area contributed by atoms with E-state index in [0.29, 0.717) is 5.39 Å². The van der Waals surface area contributed by atoms with Crippen molar-refractivity contribution in [2.24, 2.45) is 0 Å². The Morgan fingerprint density at radius 2 is 1.57 bits per heavy atom. The largest absolute Gasteiger partial charge is 0.501 e. The van der Waals surface area contributed by atoms with Crippen LogP contribution in [0, 0.1) is 0 Å². The van der Waals surface area contributed by atoms with E-state index in [4.69, 9.17) is 11.6 Å². The van der Waals surface area contributed by atoms with Crippen molar-refractivity contribution in [1.82, 2.24) is 4.98 Å². The first-order valence-corrected chi connectivity index (χ1v) is 12.0. The van der Waals surface area contributed by atoms with Crippen LogP contribution in [0.2, 0.25) is 5.02 Å². The van der Waals surface area contributed by atoms with Gasteiger partial charge >= 0.3 is 22.2 Å². The van der Waals surface area contributed by atoms with E-state index < -0.39 is 65.2 Å². The number of sulfone groups is 1. The van der Waals surface area contributed by atoms with Crippen LogP contribution < -0.4 is 5.32 Å². The summed E-state index contributed by atoms with van der Waals surface area (Å²) in [4.78, 5) is 8.95. The van der Waals surface area contributed by atoms with Gasteiger partial charge in [-0.15, -0.1) is 0 Å². The Morgan fingerprint density at radius 3 is 2.11 bits per heavy atom. The molecule has 1 heterocycles. The molecule has 0 fully saturated rings. The van der Waals surface area contributed by atoms with E-state index in [0.717, 1.165) is 12.1 Å². The molecule has 0 saturated carbocycles. The van der Waals surface area contributed by atoms with E-state index in [-0.39, 0.29) is 17.1 Å². The molecule has 5 nitrogen and oxygen atoms in total. The van der Waals surface area contributed by atoms with Crippen LogP contribution in [0.15, 0.2) is 53.6 Å². The average molecular weight is 644 g/mol. The first kappa shape index (κ1) is 29.0. The van der Waals surface area contributed by atoms with Gasteiger partial charge in [-0.05, 0) is 46.3 Å². The minimum atomic E-state index is -6.67. The number of alkyl halides is 10. The number of nitrogens with one attached hydrogen (secondary N) is 1. The molecule has 1 atom stereocenters. The second-order valence-corrected chi connectivity index (χ2v) is 10.6. The number of amides is 1. The normalized spacial score (nSPS) is 14.9. The lowest BCUT2D eigenvalue weighted by molar-refractivity contribution is -0.282. The molecule has 2 aromatic carbocycles. The highest BCUT2D eigenvalue weighted by Gasteiger charge is 2.71. The van der Waals surface area contributed by atoms with Crippen LogP contribution in [0.25, 0.3) is 10.9 Å². The van der Waals surface area contributed by atoms with E-state index in [1.165, 1.54) is 28.2 Å². The van der Waals surface area contributed by atoms with Crippen molar-refractivity contribution >= 4 is 59.9 Å². The molecule has 3 rings (SSSR count). The number of hydrogen-bond acceptors (Lipinski definition) is 4. The Balaban J connectivity index is 2.26. The summed E-state index contributed by atoms with van der Waals surface area (Å²) in [7, 11) is -6.67. The number of rotatable bonds is 5. The molecule has 0 aliphatic carbocycles. The van der Waals surface area contributed by atoms with Gasteiger partial charge in [0.2, 0.25) is 0 Å². The fourth-order valence-electron chi connectivity index (χ4n) is 3.12. The average Bonchev–Trinajstić information content (AvgIpc) is 2.76. The third kappa shape index (κ3) is 5.10. The number of hydrogen-bond donors (Lipinski definition) is 1. The topological polar surface area (TPSA) is 76.1 Å². The van der Waals surface area contributed by atoms with E-state index >= 15 is 0 Å². The predicted molar refractivity (Wildman–Crippen MR) is 117 cm³/mol. The second-order valence-electron chi connectivity index (χ2n) is 7.30. The Labute approximate surface area is 214 Å². The molecule has 0 spiro atoms. The first-order valence-electron chi connectivity index (χ1n) is 9.35. The van der Waals surface area contributed by atoms with Crippen LogP contribution >= 0.6 is 27.5 Å². The maximum Gasteiger partial charge on any atom is 0.501 e. The highest BCUT2D eigenvalue weighted by molar-refractivity contribution is 9.10. The van der Waals surface area contributed by atoms with Gasteiger partial charge in [0.15, 0.2) is 0 Å². The smallest absolute Gasteiger partial charge is 0.320 e. The minimum Gasteiger partial charge on any atom is -0.320 e. The van der Waals surface area contributed by atoms with Crippen molar-refractivity contribution in [1.29, 1.82) is 0 Å². The Morgan fingerprint density at radius 1 is 0.946 bits per heavy atom. The van der Waals surface area contributed by atoms with Crippen LogP contribution in [0.5, 0.6) is 0 Å². The van der Waals surface area contributed by atoms with Gasteiger partial charge in [-0.1, -0.05) is 23.7 Å². The highest BCUT2D eigenvalue weighted by Crippen LogP contribution is 2.56. The van der Waals surface area contributed by atoms with Crippen LogP contribution in [0.1, 0.15) is 15.9 Å². The molecule has 0 aliphatic rings. The number of carbonyl (C=O) groups is 1. The zero-order valence-electron chi connectivity index (χ0n) is 17.4. The third-order valence-electron chi connectivity index (χ3n) is 4.93. The molecule has 1 N–H and O–H groups in total. The summed E-state index contributed by atoms with van der Waals surface area (Å²) in [6, 6.07) is 6.03. The summed E-state index contributed by atoms with van der Waals surface area (Å²) in [5.74, 6) is -1.30. The van der Waals surface area contributed by atoms with E-state index in [9.17, 15) is 52.7 Å². The molecule has 1 unspecified atom stereocenters. The van der Waals surface area contributed by atoms with Gasteiger partial charge in [-0.2, -0.15) is 35.1 Å². The number of aromatic nitrogens is 1. The third-order valence-corrected chi connectivity index (χ3v) is 7.29. The van der Waals surface area contributed by atoms with Gasteiger partial charge < -0.3 is 5.32 Å². The lowest BCUT2D eigenvalue weighted by Crippen LogP contribution is -2.49. The number of nitrogens with zero attached hydrogens (tertiary/aromatic N) is 1. The van der Waals surface area contributed by atoms with Crippen LogP contribution in [0.3, 0.4) is 0 Å². The highest BCUT2D eigenvalue weighted by atomic mass is 79.9. The minimum absolute atomic E-state index is 0.169.